The summed E-state index contributed by atoms with van der Waals surface area (Å²) in [6.07, 6.45) is 0. The van der Waals surface area contributed by atoms with Crippen LogP contribution < -0.4 is 0 Å². The molecule has 2 rings (SSSR count). The van der Waals surface area contributed by atoms with Crippen LogP contribution in [0.5, 0.6) is 0 Å². The maximum absolute atomic E-state index is 4.56. The molecule has 1 aliphatic heterocycles. The van der Waals surface area contributed by atoms with E-state index in [0.29, 0.717) is 6.04 Å². The monoisotopic (exact) mass is 176 g/mol. The van der Waals surface area contributed by atoms with Gasteiger partial charge in [-0.1, -0.05) is 0 Å². The van der Waals surface area contributed by atoms with E-state index < -0.39 is 0 Å². The van der Waals surface area contributed by atoms with E-state index >= 15 is 0 Å². The van der Waals surface area contributed by atoms with Crippen LogP contribution in [0.15, 0.2) is 4.99 Å². The van der Waals surface area contributed by atoms with E-state index in [1.165, 1.54) is 22.5 Å². The summed E-state index contributed by atoms with van der Waals surface area (Å²) in [5.41, 5.74) is 5.55. The van der Waals surface area contributed by atoms with Gasteiger partial charge in [0, 0.05) is 5.69 Å². The molecule has 0 radical (unpaired) electrons. The fourth-order valence-electron chi connectivity index (χ4n) is 2.30. The summed E-state index contributed by atoms with van der Waals surface area (Å²) < 4.78 is 2.29. The van der Waals surface area contributed by atoms with Crippen molar-refractivity contribution in [3.63, 3.8) is 0 Å². The fraction of sp³-hybridized carbons (Fsp3) is 0.545. The second-order valence-electron chi connectivity index (χ2n) is 3.91. The number of fused-ring (bicyclic) bond motifs is 1. The van der Waals surface area contributed by atoms with Crippen LogP contribution >= 0.6 is 0 Å². The molecule has 0 aliphatic carbocycles. The van der Waals surface area contributed by atoms with Crippen molar-refractivity contribution in [2.24, 2.45) is 4.99 Å². The van der Waals surface area contributed by atoms with Gasteiger partial charge in [0.15, 0.2) is 0 Å². The maximum atomic E-state index is 4.56. The van der Waals surface area contributed by atoms with Crippen molar-refractivity contribution in [1.29, 1.82) is 0 Å². The summed E-state index contributed by atoms with van der Waals surface area (Å²) in [6.45, 7) is 10.8. The van der Waals surface area contributed by atoms with Gasteiger partial charge < -0.3 is 4.57 Å². The molecule has 1 unspecified atom stereocenters. The standard InChI is InChI=1S/C11H16N2/c1-6-7(2)11-8(3)12-10(5)13(11)9(6)4/h8H,1-5H3. The topological polar surface area (TPSA) is 17.3 Å². The zero-order valence-corrected chi connectivity index (χ0v) is 8.97. The van der Waals surface area contributed by atoms with Crippen LogP contribution in [0.1, 0.15) is 42.4 Å². The lowest BCUT2D eigenvalue weighted by molar-refractivity contribution is 0.808. The van der Waals surface area contributed by atoms with Crippen molar-refractivity contribution in [3.05, 3.63) is 22.5 Å². The molecule has 0 spiro atoms. The molecule has 70 valence electrons. The van der Waals surface area contributed by atoms with Gasteiger partial charge in [0.05, 0.1) is 11.7 Å². The number of aromatic nitrogens is 1. The van der Waals surface area contributed by atoms with Gasteiger partial charge in [0.1, 0.15) is 5.84 Å². The number of hydrogen-bond acceptors (Lipinski definition) is 1. The van der Waals surface area contributed by atoms with E-state index in [0.717, 1.165) is 5.84 Å². The molecule has 0 saturated carbocycles. The predicted molar refractivity (Wildman–Crippen MR) is 55.6 cm³/mol. The van der Waals surface area contributed by atoms with Gasteiger partial charge in [-0.2, -0.15) is 0 Å². The van der Waals surface area contributed by atoms with E-state index in [2.05, 4.69) is 44.2 Å². The molecular weight excluding hydrogens is 160 g/mol. The Morgan fingerprint density at radius 1 is 1.08 bits per heavy atom. The highest BCUT2D eigenvalue weighted by molar-refractivity contribution is 5.87. The Hall–Kier alpha value is -1.05. The average molecular weight is 176 g/mol. The van der Waals surface area contributed by atoms with Crippen LogP contribution in [0.3, 0.4) is 0 Å². The number of hydrogen-bond donors (Lipinski definition) is 0. The van der Waals surface area contributed by atoms with Gasteiger partial charge in [0.25, 0.3) is 0 Å². The van der Waals surface area contributed by atoms with Crippen LogP contribution in [-0.2, 0) is 0 Å². The quantitative estimate of drug-likeness (QED) is 0.578. The first-order valence-corrected chi connectivity index (χ1v) is 4.77. The van der Waals surface area contributed by atoms with Crippen LogP contribution in [0, 0.1) is 20.8 Å². The molecule has 1 aromatic rings. The largest absolute Gasteiger partial charge is 0.304 e. The van der Waals surface area contributed by atoms with Crippen LogP contribution in [0.4, 0.5) is 0 Å². The van der Waals surface area contributed by atoms with Gasteiger partial charge in [-0.15, -0.1) is 0 Å². The smallest absolute Gasteiger partial charge is 0.105 e. The lowest BCUT2D eigenvalue weighted by Crippen LogP contribution is -2.06. The summed E-state index contributed by atoms with van der Waals surface area (Å²) in [7, 11) is 0. The van der Waals surface area contributed by atoms with Gasteiger partial charge >= 0.3 is 0 Å². The highest BCUT2D eigenvalue weighted by atomic mass is 15.2. The molecule has 0 aromatic carbocycles. The van der Waals surface area contributed by atoms with Gasteiger partial charge in [-0.25, -0.2) is 0 Å². The Bertz CT molecular complexity index is 397. The van der Waals surface area contributed by atoms with Crippen molar-refractivity contribution in [2.75, 3.05) is 0 Å². The minimum Gasteiger partial charge on any atom is -0.304 e. The van der Waals surface area contributed by atoms with E-state index in [1.54, 1.807) is 0 Å². The molecule has 2 heterocycles. The number of aliphatic imine (C=N–C) groups is 1. The minimum absolute atomic E-state index is 0.340. The summed E-state index contributed by atoms with van der Waals surface area (Å²) in [5.74, 6) is 1.14. The molecule has 13 heavy (non-hydrogen) atoms. The lowest BCUT2D eigenvalue weighted by atomic mass is 10.1. The molecule has 0 saturated heterocycles. The number of nitrogens with zero attached hydrogens (tertiary/aromatic N) is 2. The third-order valence-electron chi connectivity index (χ3n) is 3.17. The zero-order chi connectivity index (χ0) is 9.75. The van der Waals surface area contributed by atoms with Crippen molar-refractivity contribution in [2.45, 2.75) is 40.7 Å². The minimum atomic E-state index is 0.340. The Morgan fingerprint density at radius 3 is 2.23 bits per heavy atom. The molecule has 0 N–H and O–H groups in total. The summed E-state index contributed by atoms with van der Waals surface area (Å²) in [6, 6.07) is 0.340. The Balaban J connectivity index is 2.77. The Labute approximate surface area is 79.3 Å². The molecular formula is C11H16N2. The average Bonchev–Trinajstić information content (AvgIpc) is 2.47. The van der Waals surface area contributed by atoms with Crippen LogP contribution in [-0.4, -0.2) is 10.4 Å². The SMILES string of the molecule is CC1=NC(C)c2c(C)c(C)c(C)n21. The van der Waals surface area contributed by atoms with Crippen molar-refractivity contribution < 1.29 is 0 Å². The zero-order valence-electron chi connectivity index (χ0n) is 8.97. The summed E-state index contributed by atoms with van der Waals surface area (Å²) in [4.78, 5) is 4.56. The maximum Gasteiger partial charge on any atom is 0.105 e. The van der Waals surface area contributed by atoms with E-state index in [1.807, 2.05) is 0 Å². The fourth-order valence-corrected chi connectivity index (χ4v) is 2.30. The second kappa shape index (κ2) is 2.47. The number of rotatable bonds is 0. The summed E-state index contributed by atoms with van der Waals surface area (Å²) in [5, 5.41) is 0. The van der Waals surface area contributed by atoms with Crippen molar-refractivity contribution >= 4 is 5.84 Å². The molecule has 2 nitrogen and oxygen atoms in total. The van der Waals surface area contributed by atoms with Crippen LogP contribution in [0.25, 0.3) is 0 Å². The Morgan fingerprint density at radius 2 is 1.69 bits per heavy atom. The van der Waals surface area contributed by atoms with Gasteiger partial charge in [0.2, 0.25) is 0 Å². The molecule has 0 amide bonds. The third kappa shape index (κ3) is 0.916. The highest BCUT2D eigenvalue weighted by Gasteiger charge is 2.25. The van der Waals surface area contributed by atoms with Gasteiger partial charge in [-0.05, 0) is 45.7 Å². The molecule has 0 bridgehead atoms. The molecule has 1 atom stereocenters. The predicted octanol–water partition coefficient (Wildman–Crippen LogP) is 2.75. The Kier molecular flexibility index (Phi) is 1.62. The first-order chi connectivity index (χ1) is 6.04. The third-order valence-corrected chi connectivity index (χ3v) is 3.17. The summed E-state index contributed by atoms with van der Waals surface area (Å²) >= 11 is 0. The van der Waals surface area contributed by atoms with E-state index in [4.69, 9.17) is 0 Å². The molecule has 1 aliphatic rings. The molecule has 2 heteroatoms. The first-order valence-electron chi connectivity index (χ1n) is 4.77. The van der Waals surface area contributed by atoms with Gasteiger partial charge in [-0.3, -0.25) is 4.99 Å². The lowest BCUT2D eigenvalue weighted by Gasteiger charge is -2.02. The van der Waals surface area contributed by atoms with Crippen molar-refractivity contribution in [3.8, 4) is 0 Å². The van der Waals surface area contributed by atoms with Crippen molar-refractivity contribution in [1.82, 2.24) is 4.57 Å². The van der Waals surface area contributed by atoms with E-state index in [-0.39, 0.29) is 0 Å². The van der Waals surface area contributed by atoms with Crippen LogP contribution in [0.2, 0.25) is 0 Å². The second-order valence-corrected chi connectivity index (χ2v) is 3.91. The normalized spacial score (nSPS) is 20.4. The van der Waals surface area contributed by atoms with E-state index in [9.17, 15) is 0 Å². The highest BCUT2D eigenvalue weighted by Crippen LogP contribution is 2.32. The first kappa shape index (κ1) is 8.54. The molecule has 0 fully saturated rings. The molecule has 1 aromatic heterocycles.